The fourth-order valence-electron chi connectivity index (χ4n) is 1.75. The molecule has 0 spiro atoms. The van der Waals surface area contributed by atoms with Gasteiger partial charge in [0.1, 0.15) is 11.6 Å². The largest absolute Gasteiger partial charge is 0.497 e. The molecule has 0 unspecified atom stereocenters. The van der Waals surface area contributed by atoms with Gasteiger partial charge in [0.15, 0.2) is 0 Å². The van der Waals surface area contributed by atoms with Crippen molar-refractivity contribution in [3.05, 3.63) is 59.9 Å². The van der Waals surface area contributed by atoms with Gasteiger partial charge in [0.25, 0.3) is 0 Å². The summed E-state index contributed by atoms with van der Waals surface area (Å²) in [6, 6.07) is 12.3. The molecule has 2 aromatic carbocycles. The zero-order chi connectivity index (χ0) is 15.9. The maximum Gasteiger partial charge on any atom is 0.313 e. The van der Waals surface area contributed by atoms with E-state index >= 15 is 0 Å². The van der Waals surface area contributed by atoms with Crippen LogP contribution in [-0.2, 0) is 16.1 Å². The standard InChI is InChI=1S/C16H15FN2O3/c1-22-14-4-2-3-13(9-14)19-16(21)15(20)18-10-11-5-7-12(17)8-6-11/h2-9H,10H2,1H3,(H,18,20)(H,19,21). The van der Waals surface area contributed by atoms with Gasteiger partial charge in [-0.15, -0.1) is 0 Å². The van der Waals surface area contributed by atoms with Crippen molar-refractivity contribution in [1.29, 1.82) is 0 Å². The first-order chi connectivity index (χ1) is 10.6. The van der Waals surface area contributed by atoms with Crippen molar-refractivity contribution in [2.45, 2.75) is 6.54 Å². The maximum atomic E-state index is 12.8. The van der Waals surface area contributed by atoms with E-state index in [1.54, 1.807) is 24.3 Å². The van der Waals surface area contributed by atoms with Crippen LogP contribution in [0.15, 0.2) is 48.5 Å². The van der Waals surface area contributed by atoms with E-state index in [9.17, 15) is 14.0 Å². The molecule has 0 saturated carbocycles. The first-order valence-electron chi connectivity index (χ1n) is 6.56. The van der Waals surface area contributed by atoms with Crippen LogP contribution in [0.2, 0.25) is 0 Å². The number of carbonyl (C=O) groups is 2. The Morgan fingerprint density at radius 3 is 2.50 bits per heavy atom. The molecule has 2 amide bonds. The van der Waals surface area contributed by atoms with Crippen molar-refractivity contribution >= 4 is 17.5 Å². The molecular formula is C16H15FN2O3. The second-order valence-electron chi connectivity index (χ2n) is 4.50. The van der Waals surface area contributed by atoms with Crippen LogP contribution >= 0.6 is 0 Å². The summed E-state index contributed by atoms with van der Waals surface area (Å²) in [5.74, 6) is -1.34. The van der Waals surface area contributed by atoms with Gasteiger partial charge in [-0.2, -0.15) is 0 Å². The van der Waals surface area contributed by atoms with E-state index in [2.05, 4.69) is 10.6 Å². The lowest BCUT2D eigenvalue weighted by Gasteiger charge is -2.08. The molecule has 6 heteroatoms. The molecule has 0 atom stereocenters. The predicted octanol–water partition coefficient (Wildman–Crippen LogP) is 2.09. The normalized spacial score (nSPS) is 9.91. The molecule has 0 aliphatic rings. The number of hydrogen-bond acceptors (Lipinski definition) is 3. The lowest BCUT2D eigenvalue weighted by atomic mass is 10.2. The lowest BCUT2D eigenvalue weighted by Crippen LogP contribution is -2.34. The van der Waals surface area contributed by atoms with Crippen molar-refractivity contribution in [3.8, 4) is 5.75 Å². The summed E-state index contributed by atoms with van der Waals surface area (Å²) >= 11 is 0. The monoisotopic (exact) mass is 302 g/mol. The minimum Gasteiger partial charge on any atom is -0.497 e. The summed E-state index contributed by atoms with van der Waals surface area (Å²) in [7, 11) is 1.51. The van der Waals surface area contributed by atoms with E-state index < -0.39 is 11.8 Å². The van der Waals surface area contributed by atoms with Crippen LogP contribution in [0, 0.1) is 5.82 Å². The lowest BCUT2D eigenvalue weighted by molar-refractivity contribution is -0.136. The molecular weight excluding hydrogens is 287 g/mol. The van der Waals surface area contributed by atoms with Gasteiger partial charge in [0.05, 0.1) is 7.11 Å². The summed E-state index contributed by atoms with van der Waals surface area (Å²) < 4.78 is 17.8. The summed E-state index contributed by atoms with van der Waals surface area (Å²) in [5.41, 5.74) is 1.16. The van der Waals surface area contributed by atoms with Crippen LogP contribution in [0.25, 0.3) is 0 Å². The van der Waals surface area contributed by atoms with E-state index in [1.165, 1.54) is 31.4 Å². The zero-order valence-electron chi connectivity index (χ0n) is 11.9. The molecule has 2 aromatic rings. The van der Waals surface area contributed by atoms with Gasteiger partial charge in [-0.25, -0.2) is 4.39 Å². The van der Waals surface area contributed by atoms with Crippen LogP contribution in [0.5, 0.6) is 5.75 Å². The van der Waals surface area contributed by atoms with Crippen LogP contribution in [0.1, 0.15) is 5.56 Å². The van der Waals surface area contributed by atoms with Crippen LogP contribution < -0.4 is 15.4 Å². The van der Waals surface area contributed by atoms with Gasteiger partial charge in [-0.3, -0.25) is 9.59 Å². The Morgan fingerprint density at radius 2 is 1.82 bits per heavy atom. The topological polar surface area (TPSA) is 67.4 Å². The molecule has 0 saturated heterocycles. The minimum absolute atomic E-state index is 0.143. The molecule has 0 aliphatic heterocycles. The van der Waals surface area contributed by atoms with Crippen LogP contribution in [-0.4, -0.2) is 18.9 Å². The number of nitrogens with one attached hydrogen (secondary N) is 2. The first-order valence-corrected chi connectivity index (χ1v) is 6.56. The fraction of sp³-hybridized carbons (Fsp3) is 0.125. The number of halogens is 1. The van der Waals surface area contributed by atoms with E-state index in [4.69, 9.17) is 4.74 Å². The van der Waals surface area contributed by atoms with Crippen molar-refractivity contribution in [2.75, 3.05) is 12.4 Å². The molecule has 5 nitrogen and oxygen atoms in total. The molecule has 114 valence electrons. The quantitative estimate of drug-likeness (QED) is 0.850. The Hall–Kier alpha value is -2.89. The molecule has 0 aromatic heterocycles. The van der Waals surface area contributed by atoms with Crippen molar-refractivity contribution in [3.63, 3.8) is 0 Å². The van der Waals surface area contributed by atoms with Crippen molar-refractivity contribution in [1.82, 2.24) is 5.32 Å². The van der Waals surface area contributed by atoms with Crippen molar-refractivity contribution in [2.24, 2.45) is 0 Å². The molecule has 0 fully saturated rings. The maximum absolute atomic E-state index is 12.8. The van der Waals surface area contributed by atoms with E-state index in [0.717, 1.165) is 0 Å². The van der Waals surface area contributed by atoms with Gasteiger partial charge >= 0.3 is 11.8 Å². The third kappa shape index (κ3) is 4.31. The second-order valence-corrected chi connectivity index (χ2v) is 4.50. The highest BCUT2D eigenvalue weighted by Crippen LogP contribution is 2.16. The number of methoxy groups -OCH3 is 1. The number of benzene rings is 2. The highest BCUT2D eigenvalue weighted by molar-refractivity contribution is 6.39. The van der Waals surface area contributed by atoms with Gasteiger partial charge in [0, 0.05) is 18.3 Å². The summed E-state index contributed by atoms with van der Waals surface area (Å²) in [4.78, 5) is 23.5. The Labute approximate surface area is 127 Å². The van der Waals surface area contributed by atoms with E-state index in [0.29, 0.717) is 17.0 Å². The van der Waals surface area contributed by atoms with Gasteiger partial charge < -0.3 is 15.4 Å². The second kappa shape index (κ2) is 7.21. The number of hydrogen-bond donors (Lipinski definition) is 2. The molecule has 0 heterocycles. The molecule has 0 radical (unpaired) electrons. The van der Waals surface area contributed by atoms with Crippen LogP contribution in [0.3, 0.4) is 0 Å². The predicted molar refractivity (Wildman–Crippen MR) is 79.9 cm³/mol. The molecule has 0 aliphatic carbocycles. The summed E-state index contributed by atoms with van der Waals surface area (Å²) in [6.07, 6.45) is 0. The van der Waals surface area contributed by atoms with Gasteiger partial charge in [0.2, 0.25) is 0 Å². The Bertz CT molecular complexity index is 671. The number of amides is 2. The van der Waals surface area contributed by atoms with Crippen molar-refractivity contribution < 1.29 is 18.7 Å². The highest BCUT2D eigenvalue weighted by Gasteiger charge is 2.13. The van der Waals surface area contributed by atoms with Crippen LogP contribution in [0.4, 0.5) is 10.1 Å². The third-order valence-corrected chi connectivity index (χ3v) is 2.90. The van der Waals surface area contributed by atoms with E-state index in [1.807, 2.05) is 0 Å². The molecule has 22 heavy (non-hydrogen) atoms. The Morgan fingerprint density at radius 1 is 1.09 bits per heavy atom. The summed E-state index contributed by atoms with van der Waals surface area (Å²) in [5, 5.41) is 4.93. The number of carbonyl (C=O) groups excluding carboxylic acids is 2. The number of anilines is 1. The SMILES string of the molecule is COc1cccc(NC(=O)C(=O)NCc2ccc(F)cc2)c1. The van der Waals surface area contributed by atoms with Gasteiger partial charge in [-0.05, 0) is 29.8 Å². The van der Waals surface area contributed by atoms with Gasteiger partial charge in [-0.1, -0.05) is 18.2 Å². The number of ether oxygens (including phenoxy) is 1. The smallest absolute Gasteiger partial charge is 0.313 e. The zero-order valence-corrected chi connectivity index (χ0v) is 11.9. The Balaban J connectivity index is 1.89. The fourth-order valence-corrected chi connectivity index (χ4v) is 1.75. The molecule has 0 bridgehead atoms. The summed E-state index contributed by atoms with van der Waals surface area (Å²) in [6.45, 7) is 0.143. The minimum atomic E-state index is -0.782. The molecule has 2 rings (SSSR count). The Kier molecular flexibility index (Phi) is 5.08. The highest BCUT2D eigenvalue weighted by atomic mass is 19.1. The third-order valence-electron chi connectivity index (χ3n) is 2.90. The molecule has 2 N–H and O–H groups in total. The number of rotatable bonds is 4. The average Bonchev–Trinajstić information content (AvgIpc) is 2.54. The van der Waals surface area contributed by atoms with E-state index in [-0.39, 0.29) is 12.4 Å². The first kappa shape index (κ1) is 15.5. The average molecular weight is 302 g/mol.